The van der Waals surface area contributed by atoms with Gasteiger partial charge >= 0.3 is 12.2 Å². The minimum absolute atomic E-state index is 0.132. The van der Waals surface area contributed by atoms with Gasteiger partial charge in [-0.3, -0.25) is 0 Å². The molecule has 0 aromatic heterocycles. The molecule has 0 atom stereocenters. The zero-order valence-electron chi connectivity index (χ0n) is 12.1. The number of urea groups is 1. The number of amides is 2. The molecule has 2 N–H and O–H groups in total. The topological polar surface area (TPSA) is 41.1 Å². The lowest BCUT2D eigenvalue weighted by Gasteiger charge is -2.18. The molecule has 0 spiro atoms. The fourth-order valence-electron chi connectivity index (χ4n) is 1.92. The van der Waals surface area contributed by atoms with E-state index in [0.29, 0.717) is 12.1 Å². The molecule has 0 saturated heterocycles. The SMILES string of the molecule is C=CCc1cccc(C(C)C)c1NC(=O)NCC(F)(F)F. The second-order valence-electron chi connectivity index (χ2n) is 4.95. The standard InChI is InChI=1S/C15H19F3N2O/c1-4-6-11-7-5-8-12(10(2)3)13(11)20-14(21)19-9-15(16,17)18/h4-5,7-8,10H,1,6,9H2,2-3H3,(H2,19,20,21). The summed E-state index contributed by atoms with van der Waals surface area (Å²) in [5, 5.41) is 4.33. The highest BCUT2D eigenvalue weighted by Crippen LogP contribution is 2.28. The second-order valence-corrected chi connectivity index (χ2v) is 4.95. The summed E-state index contributed by atoms with van der Waals surface area (Å²) in [6.45, 7) is 6.18. The maximum atomic E-state index is 12.1. The van der Waals surface area contributed by atoms with Gasteiger partial charge in [0.1, 0.15) is 6.54 Å². The van der Waals surface area contributed by atoms with E-state index < -0.39 is 18.8 Å². The number of nitrogens with one attached hydrogen (secondary N) is 2. The van der Waals surface area contributed by atoms with Crippen molar-refractivity contribution in [3.63, 3.8) is 0 Å². The van der Waals surface area contributed by atoms with E-state index in [-0.39, 0.29) is 5.92 Å². The molecule has 3 nitrogen and oxygen atoms in total. The number of allylic oxidation sites excluding steroid dienone is 1. The Morgan fingerprint density at radius 1 is 1.38 bits per heavy atom. The van der Waals surface area contributed by atoms with Crippen molar-refractivity contribution in [3.05, 3.63) is 42.0 Å². The first-order chi connectivity index (χ1) is 9.74. The summed E-state index contributed by atoms with van der Waals surface area (Å²) in [4.78, 5) is 11.6. The van der Waals surface area contributed by atoms with Gasteiger partial charge < -0.3 is 10.6 Å². The van der Waals surface area contributed by atoms with Crippen LogP contribution in [0.5, 0.6) is 0 Å². The summed E-state index contributed by atoms with van der Waals surface area (Å²) in [6, 6.07) is 4.64. The number of halogens is 3. The van der Waals surface area contributed by atoms with Crippen LogP contribution in [0, 0.1) is 0 Å². The number of hydrogen-bond acceptors (Lipinski definition) is 1. The molecule has 2 amide bonds. The van der Waals surface area contributed by atoms with Crippen LogP contribution in [0.1, 0.15) is 30.9 Å². The van der Waals surface area contributed by atoms with Gasteiger partial charge in [0.05, 0.1) is 0 Å². The Bertz CT molecular complexity index is 510. The van der Waals surface area contributed by atoms with E-state index in [4.69, 9.17) is 0 Å². The predicted octanol–water partition coefficient (Wildman–Crippen LogP) is 4.22. The Morgan fingerprint density at radius 2 is 2.05 bits per heavy atom. The number of anilines is 1. The molecule has 0 heterocycles. The number of benzene rings is 1. The molecule has 6 heteroatoms. The summed E-state index contributed by atoms with van der Waals surface area (Å²) in [5.74, 6) is 0.132. The molecule has 1 aromatic carbocycles. The Morgan fingerprint density at radius 3 is 2.57 bits per heavy atom. The third-order valence-corrected chi connectivity index (χ3v) is 2.86. The highest BCUT2D eigenvalue weighted by atomic mass is 19.4. The molecule has 0 aliphatic rings. The van der Waals surface area contributed by atoms with Crippen molar-refractivity contribution in [2.75, 3.05) is 11.9 Å². The molecule has 0 aliphatic carbocycles. The summed E-state index contributed by atoms with van der Waals surface area (Å²) in [7, 11) is 0. The van der Waals surface area contributed by atoms with Gasteiger partial charge in [0.25, 0.3) is 0 Å². The molecule has 0 aliphatic heterocycles. The van der Waals surface area contributed by atoms with Gasteiger partial charge in [-0.2, -0.15) is 13.2 Å². The molecular weight excluding hydrogens is 281 g/mol. The van der Waals surface area contributed by atoms with Crippen LogP contribution in [0.25, 0.3) is 0 Å². The summed E-state index contributed by atoms with van der Waals surface area (Å²) in [6.07, 6.45) is -2.23. The van der Waals surface area contributed by atoms with Crippen molar-refractivity contribution in [2.24, 2.45) is 0 Å². The largest absolute Gasteiger partial charge is 0.405 e. The van der Waals surface area contributed by atoms with Crippen molar-refractivity contribution in [1.29, 1.82) is 0 Å². The van der Waals surface area contributed by atoms with Gasteiger partial charge in [0.2, 0.25) is 0 Å². The fourth-order valence-corrected chi connectivity index (χ4v) is 1.92. The van der Waals surface area contributed by atoms with E-state index in [9.17, 15) is 18.0 Å². The first kappa shape index (κ1) is 17.1. The van der Waals surface area contributed by atoms with E-state index in [0.717, 1.165) is 11.1 Å². The van der Waals surface area contributed by atoms with Gasteiger partial charge in [-0.1, -0.05) is 38.1 Å². The summed E-state index contributed by atoms with van der Waals surface area (Å²) < 4.78 is 36.3. The zero-order valence-corrected chi connectivity index (χ0v) is 12.1. The van der Waals surface area contributed by atoms with Crippen LogP contribution in [0.2, 0.25) is 0 Å². The fraction of sp³-hybridized carbons (Fsp3) is 0.400. The van der Waals surface area contributed by atoms with Crippen LogP contribution >= 0.6 is 0 Å². The van der Waals surface area contributed by atoms with Crippen molar-refractivity contribution in [1.82, 2.24) is 5.32 Å². The lowest BCUT2D eigenvalue weighted by molar-refractivity contribution is -0.122. The number of alkyl halides is 3. The smallest absolute Gasteiger partial charge is 0.329 e. The van der Waals surface area contributed by atoms with E-state index in [1.807, 2.05) is 32.0 Å². The van der Waals surface area contributed by atoms with Crippen molar-refractivity contribution >= 4 is 11.7 Å². The first-order valence-electron chi connectivity index (χ1n) is 6.59. The quantitative estimate of drug-likeness (QED) is 0.785. The molecule has 0 bridgehead atoms. The van der Waals surface area contributed by atoms with Gasteiger partial charge in [0, 0.05) is 5.69 Å². The third-order valence-electron chi connectivity index (χ3n) is 2.86. The van der Waals surface area contributed by atoms with Crippen LogP contribution < -0.4 is 10.6 Å². The monoisotopic (exact) mass is 300 g/mol. The number of para-hydroxylation sites is 1. The molecule has 0 fully saturated rings. The van der Waals surface area contributed by atoms with Crippen LogP contribution in [-0.2, 0) is 6.42 Å². The Labute approximate surface area is 122 Å². The zero-order chi connectivity index (χ0) is 16.0. The Hall–Kier alpha value is -1.98. The van der Waals surface area contributed by atoms with E-state index in [1.165, 1.54) is 0 Å². The summed E-state index contributed by atoms with van der Waals surface area (Å²) in [5.41, 5.74) is 2.24. The molecule has 1 rings (SSSR count). The second kappa shape index (κ2) is 7.15. The average Bonchev–Trinajstić information content (AvgIpc) is 2.37. The minimum atomic E-state index is -4.43. The normalized spacial score (nSPS) is 11.3. The molecule has 0 radical (unpaired) electrons. The minimum Gasteiger partial charge on any atom is -0.329 e. The number of hydrogen-bond donors (Lipinski definition) is 2. The number of carbonyl (C=O) groups excluding carboxylic acids is 1. The van der Waals surface area contributed by atoms with Crippen LogP contribution in [0.3, 0.4) is 0 Å². The highest BCUT2D eigenvalue weighted by Gasteiger charge is 2.28. The van der Waals surface area contributed by atoms with E-state index in [2.05, 4.69) is 11.9 Å². The van der Waals surface area contributed by atoms with Crippen LogP contribution in [0.4, 0.5) is 23.7 Å². The number of rotatable bonds is 5. The highest BCUT2D eigenvalue weighted by molar-refractivity contribution is 5.91. The van der Waals surface area contributed by atoms with Crippen molar-refractivity contribution in [2.45, 2.75) is 32.4 Å². The lowest BCUT2D eigenvalue weighted by Crippen LogP contribution is -2.37. The molecule has 0 unspecified atom stereocenters. The van der Waals surface area contributed by atoms with Gasteiger partial charge in [-0.15, -0.1) is 6.58 Å². The molecule has 1 aromatic rings. The maximum Gasteiger partial charge on any atom is 0.405 e. The van der Waals surface area contributed by atoms with Gasteiger partial charge in [-0.25, -0.2) is 4.79 Å². The van der Waals surface area contributed by atoms with E-state index >= 15 is 0 Å². The van der Waals surface area contributed by atoms with Crippen molar-refractivity contribution in [3.8, 4) is 0 Å². The number of carbonyl (C=O) groups is 1. The van der Waals surface area contributed by atoms with Gasteiger partial charge in [0.15, 0.2) is 0 Å². The van der Waals surface area contributed by atoms with E-state index in [1.54, 1.807) is 11.4 Å². The van der Waals surface area contributed by atoms with Crippen LogP contribution in [-0.4, -0.2) is 18.8 Å². The van der Waals surface area contributed by atoms with Crippen LogP contribution in [0.15, 0.2) is 30.9 Å². The van der Waals surface area contributed by atoms with Gasteiger partial charge in [-0.05, 0) is 23.5 Å². The molecule has 21 heavy (non-hydrogen) atoms. The third kappa shape index (κ3) is 5.49. The Balaban J connectivity index is 2.94. The molecular formula is C15H19F3N2O. The molecule has 116 valence electrons. The Kier molecular flexibility index (Phi) is 5.81. The maximum absolute atomic E-state index is 12.1. The molecule has 0 saturated carbocycles. The van der Waals surface area contributed by atoms with Crippen molar-refractivity contribution < 1.29 is 18.0 Å². The predicted molar refractivity (Wildman–Crippen MR) is 77.5 cm³/mol. The summed E-state index contributed by atoms with van der Waals surface area (Å²) >= 11 is 0. The first-order valence-corrected chi connectivity index (χ1v) is 6.59. The average molecular weight is 300 g/mol. The lowest BCUT2D eigenvalue weighted by atomic mass is 9.96.